The van der Waals surface area contributed by atoms with Crippen LogP contribution in [-0.4, -0.2) is 39.0 Å². The lowest BCUT2D eigenvalue weighted by molar-refractivity contribution is 0.136. The van der Waals surface area contributed by atoms with Crippen LogP contribution in [0.15, 0.2) is 0 Å². The third-order valence-electron chi connectivity index (χ3n) is 2.35. The Labute approximate surface area is 85.7 Å². The van der Waals surface area contributed by atoms with E-state index in [-0.39, 0.29) is 17.8 Å². The molecule has 4 N–H and O–H groups in total. The molecule has 1 unspecified atom stereocenters. The molecule has 0 aliphatic rings. The Kier molecular flexibility index (Phi) is 5.58. The number of hydrogen-bond donors (Lipinski definition) is 3. The Morgan fingerprint density at radius 3 is 2.43 bits per heavy atom. The second-order valence-electron chi connectivity index (χ2n) is 3.87. The zero-order chi connectivity index (χ0) is 11.2. The van der Waals surface area contributed by atoms with Gasteiger partial charge in [0.15, 0.2) is 0 Å². The second kappa shape index (κ2) is 5.65. The molecule has 0 aromatic heterocycles. The van der Waals surface area contributed by atoms with Crippen LogP contribution in [0.5, 0.6) is 0 Å². The van der Waals surface area contributed by atoms with Gasteiger partial charge in [0.05, 0.1) is 5.75 Å². The van der Waals surface area contributed by atoms with Crippen molar-refractivity contribution < 1.29 is 13.5 Å². The fraction of sp³-hybridized carbons (Fsp3) is 1.00. The molecule has 0 radical (unpaired) electrons. The molecule has 1 atom stereocenters. The van der Waals surface area contributed by atoms with Crippen LogP contribution < -0.4 is 10.5 Å². The van der Waals surface area contributed by atoms with Crippen molar-refractivity contribution in [1.82, 2.24) is 5.32 Å². The van der Waals surface area contributed by atoms with Gasteiger partial charge in [-0.2, -0.15) is 0 Å². The van der Waals surface area contributed by atoms with E-state index in [0.717, 1.165) is 6.42 Å². The van der Waals surface area contributed by atoms with Gasteiger partial charge in [-0.1, -0.05) is 13.8 Å². The van der Waals surface area contributed by atoms with Crippen LogP contribution in [0.3, 0.4) is 0 Å². The van der Waals surface area contributed by atoms with Gasteiger partial charge in [0, 0.05) is 25.1 Å². The van der Waals surface area contributed by atoms with Crippen LogP contribution in [0.2, 0.25) is 0 Å². The highest BCUT2D eigenvalue weighted by Crippen LogP contribution is 2.17. The van der Waals surface area contributed by atoms with Crippen molar-refractivity contribution in [2.24, 2.45) is 10.6 Å². The van der Waals surface area contributed by atoms with E-state index in [1.54, 1.807) is 0 Å². The lowest BCUT2D eigenvalue weighted by Gasteiger charge is -2.25. The molecular weight excluding hydrogens is 204 g/mol. The smallest absolute Gasteiger partial charge is 0.210 e. The maximum atomic E-state index is 10.6. The molecule has 0 aromatic carbocycles. The molecule has 0 spiro atoms. The summed E-state index contributed by atoms with van der Waals surface area (Å²) < 4.78 is 21.2. The largest absolute Gasteiger partial charge is 0.396 e. The summed E-state index contributed by atoms with van der Waals surface area (Å²) in [5.41, 5.74) is -0.182. The summed E-state index contributed by atoms with van der Waals surface area (Å²) in [5, 5.41) is 16.9. The van der Waals surface area contributed by atoms with Gasteiger partial charge in [0.1, 0.15) is 0 Å². The molecule has 0 rings (SSSR count). The normalized spacial score (nSPS) is 16.6. The summed E-state index contributed by atoms with van der Waals surface area (Å²) in [6.45, 7) is 4.93. The first-order chi connectivity index (χ1) is 6.33. The van der Waals surface area contributed by atoms with E-state index in [4.69, 9.17) is 10.2 Å². The standard InChI is InChI=1S/C8H20N2O3S/c1-3-8(2,7-11)6-10-4-5-14(9,12)13/h10-11H,3-7H2,1-2H3,(H2,9,12,13). The zero-order valence-corrected chi connectivity index (χ0v) is 9.60. The number of primary sulfonamides is 1. The quantitative estimate of drug-likeness (QED) is 0.497. The summed E-state index contributed by atoms with van der Waals surface area (Å²) in [6.07, 6.45) is 0.839. The van der Waals surface area contributed by atoms with E-state index in [2.05, 4.69) is 5.32 Å². The number of sulfonamides is 1. The molecule has 0 aromatic rings. The van der Waals surface area contributed by atoms with E-state index >= 15 is 0 Å². The lowest BCUT2D eigenvalue weighted by Crippen LogP contribution is -2.37. The Hall–Kier alpha value is -0.170. The molecule has 0 aliphatic heterocycles. The zero-order valence-electron chi connectivity index (χ0n) is 8.78. The van der Waals surface area contributed by atoms with Gasteiger partial charge < -0.3 is 10.4 Å². The molecule has 0 amide bonds. The van der Waals surface area contributed by atoms with Crippen LogP contribution in [0.1, 0.15) is 20.3 Å². The lowest BCUT2D eigenvalue weighted by atomic mass is 9.89. The van der Waals surface area contributed by atoms with E-state index in [1.165, 1.54) is 0 Å². The van der Waals surface area contributed by atoms with Crippen LogP contribution >= 0.6 is 0 Å². The molecule has 0 bridgehead atoms. The van der Waals surface area contributed by atoms with Crippen molar-refractivity contribution in [3.05, 3.63) is 0 Å². The molecule has 5 nitrogen and oxygen atoms in total. The number of nitrogens with one attached hydrogen (secondary N) is 1. The maximum absolute atomic E-state index is 10.6. The van der Waals surface area contributed by atoms with Crippen molar-refractivity contribution in [3.63, 3.8) is 0 Å². The van der Waals surface area contributed by atoms with Crippen molar-refractivity contribution in [2.45, 2.75) is 20.3 Å². The van der Waals surface area contributed by atoms with Crippen molar-refractivity contribution in [2.75, 3.05) is 25.4 Å². The van der Waals surface area contributed by atoms with Gasteiger partial charge in [-0.25, -0.2) is 13.6 Å². The molecule has 0 fully saturated rings. The van der Waals surface area contributed by atoms with Crippen LogP contribution in [-0.2, 0) is 10.0 Å². The fourth-order valence-electron chi connectivity index (χ4n) is 0.897. The summed E-state index contributed by atoms with van der Waals surface area (Å²) in [5.74, 6) is -0.0712. The van der Waals surface area contributed by atoms with Gasteiger partial charge in [-0.05, 0) is 6.42 Å². The molecule has 0 heterocycles. The van der Waals surface area contributed by atoms with Gasteiger partial charge in [0.25, 0.3) is 0 Å². The Morgan fingerprint density at radius 1 is 1.50 bits per heavy atom. The topological polar surface area (TPSA) is 92.4 Å². The van der Waals surface area contributed by atoms with Gasteiger partial charge in [-0.3, -0.25) is 0 Å². The number of rotatable bonds is 7. The molecule has 0 aliphatic carbocycles. The predicted molar refractivity (Wildman–Crippen MR) is 56.3 cm³/mol. The molecule has 0 saturated heterocycles. The number of aliphatic hydroxyl groups is 1. The highest BCUT2D eigenvalue weighted by Gasteiger charge is 2.20. The average molecular weight is 224 g/mol. The third-order valence-corrected chi connectivity index (χ3v) is 3.12. The van der Waals surface area contributed by atoms with Gasteiger partial charge in [0.2, 0.25) is 10.0 Å². The summed E-state index contributed by atoms with van der Waals surface area (Å²) in [6, 6.07) is 0. The van der Waals surface area contributed by atoms with E-state index in [9.17, 15) is 8.42 Å². The molecule has 86 valence electrons. The highest BCUT2D eigenvalue weighted by atomic mass is 32.2. The monoisotopic (exact) mass is 224 g/mol. The predicted octanol–water partition coefficient (Wildman–Crippen LogP) is -0.727. The van der Waals surface area contributed by atoms with Crippen LogP contribution in [0, 0.1) is 5.41 Å². The van der Waals surface area contributed by atoms with E-state index in [1.807, 2.05) is 13.8 Å². The SMILES string of the molecule is CCC(C)(CO)CNCCS(N)(=O)=O. The first-order valence-corrected chi connectivity index (χ1v) is 6.36. The minimum atomic E-state index is -3.38. The number of aliphatic hydroxyl groups excluding tert-OH is 1. The molecule has 6 heteroatoms. The van der Waals surface area contributed by atoms with Crippen LogP contribution in [0.4, 0.5) is 0 Å². The second-order valence-corrected chi connectivity index (χ2v) is 5.60. The van der Waals surface area contributed by atoms with E-state index in [0.29, 0.717) is 13.1 Å². The van der Waals surface area contributed by atoms with E-state index < -0.39 is 10.0 Å². The molecule has 14 heavy (non-hydrogen) atoms. The highest BCUT2D eigenvalue weighted by molar-refractivity contribution is 7.89. The Balaban J connectivity index is 3.74. The first-order valence-electron chi connectivity index (χ1n) is 4.65. The minimum Gasteiger partial charge on any atom is -0.396 e. The van der Waals surface area contributed by atoms with Gasteiger partial charge in [-0.15, -0.1) is 0 Å². The molecular formula is C8H20N2O3S. The fourth-order valence-corrected chi connectivity index (χ4v) is 1.33. The van der Waals surface area contributed by atoms with Gasteiger partial charge >= 0.3 is 0 Å². The average Bonchev–Trinajstić information content (AvgIpc) is 2.11. The first kappa shape index (κ1) is 13.8. The summed E-state index contributed by atoms with van der Waals surface area (Å²) in [4.78, 5) is 0. The maximum Gasteiger partial charge on any atom is 0.210 e. The third kappa shape index (κ3) is 6.31. The number of nitrogens with two attached hydrogens (primary N) is 1. The summed E-state index contributed by atoms with van der Waals surface area (Å²) >= 11 is 0. The van der Waals surface area contributed by atoms with Crippen LogP contribution in [0.25, 0.3) is 0 Å². The van der Waals surface area contributed by atoms with Crippen molar-refractivity contribution in [1.29, 1.82) is 0 Å². The van der Waals surface area contributed by atoms with Crippen molar-refractivity contribution in [3.8, 4) is 0 Å². The Morgan fingerprint density at radius 2 is 2.07 bits per heavy atom. The summed E-state index contributed by atoms with van der Waals surface area (Å²) in [7, 11) is -3.38. The molecule has 0 saturated carbocycles. The van der Waals surface area contributed by atoms with Crippen molar-refractivity contribution >= 4 is 10.0 Å². The number of hydrogen-bond acceptors (Lipinski definition) is 4. The Bertz CT molecular complexity index is 247. The minimum absolute atomic E-state index is 0.0712.